The van der Waals surface area contributed by atoms with E-state index in [1.165, 1.54) is 0 Å². The molecular weight excluding hydrogens is 378 g/mol. The zero-order valence-corrected chi connectivity index (χ0v) is 17.1. The smallest absolute Gasteiger partial charge is 0.256 e. The van der Waals surface area contributed by atoms with Gasteiger partial charge in [0.2, 0.25) is 0 Å². The van der Waals surface area contributed by atoms with Gasteiger partial charge >= 0.3 is 0 Å². The van der Waals surface area contributed by atoms with Crippen LogP contribution in [0.15, 0.2) is 67.0 Å². The summed E-state index contributed by atoms with van der Waals surface area (Å²) in [5.41, 5.74) is 5.28. The first-order valence-corrected chi connectivity index (χ1v) is 9.65. The van der Waals surface area contributed by atoms with Crippen LogP contribution in [-0.2, 0) is 4.79 Å². The van der Waals surface area contributed by atoms with E-state index in [-0.39, 0.29) is 11.9 Å². The molecule has 1 atom stereocenters. The Kier molecular flexibility index (Phi) is 5.39. The lowest BCUT2D eigenvalue weighted by Crippen LogP contribution is -2.14. The highest BCUT2D eigenvalue weighted by molar-refractivity contribution is 6.31. The zero-order chi connectivity index (χ0) is 21.1. The maximum absolute atomic E-state index is 12.5. The average molecular weight is 401 g/mol. The van der Waals surface area contributed by atoms with Gasteiger partial charge in [-0.2, -0.15) is 0 Å². The molecule has 2 N–H and O–H groups in total. The van der Waals surface area contributed by atoms with Gasteiger partial charge in [-0.15, -0.1) is 0 Å². The Morgan fingerprint density at radius 2 is 1.77 bits per heavy atom. The third-order valence-corrected chi connectivity index (χ3v) is 5.00. The molecule has 0 saturated heterocycles. The molecule has 0 saturated carbocycles. The quantitative estimate of drug-likeness (QED) is 0.591. The van der Waals surface area contributed by atoms with Crippen molar-refractivity contribution in [3.05, 3.63) is 72.6 Å². The van der Waals surface area contributed by atoms with Crippen molar-refractivity contribution in [1.29, 1.82) is 0 Å². The van der Waals surface area contributed by atoms with Crippen LogP contribution in [0.1, 0.15) is 12.5 Å². The van der Waals surface area contributed by atoms with Crippen LogP contribution in [0.4, 0.5) is 11.4 Å². The van der Waals surface area contributed by atoms with E-state index in [9.17, 15) is 4.79 Å². The lowest BCUT2D eigenvalue weighted by molar-refractivity contribution is -0.110. The van der Waals surface area contributed by atoms with E-state index in [4.69, 9.17) is 9.47 Å². The van der Waals surface area contributed by atoms with Crippen LogP contribution in [-0.4, -0.2) is 31.2 Å². The summed E-state index contributed by atoms with van der Waals surface area (Å²) in [6, 6.07) is 15.6. The molecule has 2 aromatic carbocycles. The van der Waals surface area contributed by atoms with Crippen molar-refractivity contribution in [2.75, 3.05) is 24.9 Å². The van der Waals surface area contributed by atoms with Crippen molar-refractivity contribution in [1.82, 2.24) is 4.98 Å². The summed E-state index contributed by atoms with van der Waals surface area (Å²) in [7, 11) is 3.15. The number of benzene rings is 2. The van der Waals surface area contributed by atoms with Gasteiger partial charge in [-0.25, -0.2) is 0 Å². The Balaban J connectivity index is 1.54. The first-order chi connectivity index (χ1) is 14.6. The summed E-state index contributed by atoms with van der Waals surface area (Å²) >= 11 is 0. The summed E-state index contributed by atoms with van der Waals surface area (Å²) in [6.45, 7) is 2.01. The van der Waals surface area contributed by atoms with E-state index in [2.05, 4.69) is 15.6 Å². The van der Waals surface area contributed by atoms with Crippen LogP contribution >= 0.6 is 0 Å². The minimum absolute atomic E-state index is 0.0611. The number of ether oxygens (including phenoxy) is 2. The molecule has 1 aliphatic heterocycles. The molecule has 30 heavy (non-hydrogen) atoms. The maximum atomic E-state index is 12.5. The Hall–Kier alpha value is -3.80. The van der Waals surface area contributed by atoms with Gasteiger partial charge in [0.15, 0.2) is 11.5 Å². The van der Waals surface area contributed by atoms with Crippen LogP contribution in [0.3, 0.4) is 0 Å². The molecule has 0 radical (unpaired) electrons. The van der Waals surface area contributed by atoms with Crippen LogP contribution in [0.25, 0.3) is 16.7 Å². The largest absolute Gasteiger partial charge is 0.493 e. The van der Waals surface area contributed by atoms with Crippen molar-refractivity contribution in [2.45, 2.75) is 13.0 Å². The van der Waals surface area contributed by atoms with Crippen molar-refractivity contribution < 1.29 is 14.3 Å². The zero-order valence-electron chi connectivity index (χ0n) is 17.1. The monoisotopic (exact) mass is 401 g/mol. The lowest BCUT2D eigenvalue weighted by atomic mass is 10.0. The molecule has 0 bridgehead atoms. The highest BCUT2D eigenvalue weighted by Gasteiger charge is 2.27. The fraction of sp³-hybridized carbons (Fsp3) is 0.167. The van der Waals surface area contributed by atoms with E-state index in [0.29, 0.717) is 17.1 Å². The second-order valence-electron chi connectivity index (χ2n) is 7.04. The second-order valence-corrected chi connectivity index (χ2v) is 7.04. The molecule has 1 aliphatic rings. The summed E-state index contributed by atoms with van der Waals surface area (Å²) in [5, 5.41) is 6.31. The number of pyridine rings is 1. The fourth-order valence-corrected chi connectivity index (χ4v) is 3.53. The molecule has 1 unspecified atom stereocenters. The fourth-order valence-electron chi connectivity index (χ4n) is 3.53. The molecule has 3 aromatic rings. The number of rotatable bonds is 6. The average Bonchev–Trinajstić information content (AvgIpc) is 3.07. The number of fused-ring (bicyclic) bond motifs is 1. The van der Waals surface area contributed by atoms with E-state index in [1.54, 1.807) is 26.5 Å². The summed E-state index contributed by atoms with van der Waals surface area (Å²) in [4.78, 5) is 16.7. The van der Waals surface area contributed by atoms with Crippen LogP contribution in [0.5, 0.6) is 11.5 Å². The highest BCUT2D eigenvalue weighted by Crippen LogP contribution is 2.40. The van der Waals surface area contributed by atoms with Gasteiger partial charge in [-0.1, -0.05) is 18.2 Å². The topological polar surface area (TPSA) is 72.5 Å². The van der Waals surface area contributed by atoms with Crippen LogP contribution in [0.2, 0.25) is 0 Å². The number of hydrogen-bond donors (Lipinski definition) is 2. The van der Waals surface area contributed by atoms with E-state index in [0.717, 1.165) is 28.1 Å². The molecular formula is C24H23N3O3. The normalized spacial score (nSPS) is 14.8. The predicted octanol–water partition coefficient (Wildman–Crippen LogP) is 4.60. The van der Waals surface area contributed by atoms with E-state index < -0.39 is 0 Å². The van der Waals surface area contributed by atoms with Gasteiger partial charge in [-0.3, -0.25) is 9.78 Å². The summed E-state index contributed by atoms with van der Waals surface area (Å²) in [6.07, 6.45) is 5.52. The third-order valence-electron chi connectivity index (χ3n) is 5.00. The minimum Gasteiger partial charge on any atom is -0.493 e. The highest BCUT2D eigenvalue weighted by atomic mass is 16.5. The van der Waals surface area contributed by atoms with Gasteiger partial charge in [-0.05, 0) is 48.4 Å². The second kappa shape index (κ2) is 8.29. The number of anilines is 2. The number of amides is 1. The Morgan fingerprint density at radius 3 is 2.43 bits per heavy atom. The summed E-state index contributed by atoms with van der Waals surface area (Å²) in [5.74, 6) is 1.03. The van der Waals surface area contributed by atoms with Gasteiger partial charge in [0.1, 0.15) is 0 Å². The molecule has 1 amide bonds. The number of nitrogens with one attached hydrogen (secondary N) is 2. The molecule has 0 aliphatic carbocycles. The number of hydrogen-bond acceptors (Lipinski definition) is 5. The number of nitrogens with zero attached hydrogens (tertiary/aromatic N) is 1. The molecule has 4 rings (SSSR count). The molecule has 0 spiro atoms. The molecule has 0 fully saturated rings. The number of aromatic nitrogens is 1. The minimum atomic E-state index is -0.138. The van der Waals surface area contributed by atoms with Crippen LogP contribution in [0, 0.1) is 0 Å². The van der Waals surface area contributed by atoms with Crippen molar-refractivity contribution >= 4 is 22.9 Å². The SMILES string of the molecule is COc1cc2c(cc1OC)C(=CC(C)Nc1ccc(-c3cccnc3)cc1)C(=O)N2. The van der Waals surface area contributed by atoms with Gasteiger partial charge in [0.25, 0.3) is 5.91 Å². The molecule has 1 aromatic heterocycles. The first kappa shape index (κ1) is 19.5. The Bertz CT molecular complexity index is 1090. The Morgan fingerprint density at radius 1 is 1.03 bits per heavy atom. The number of methoxy groups -OCH3 is 2. The standard InChI is InChI=1S/C24H23N3O3/c1-15(26-18-8-6-16(7-9-18)17-5-4-10-25-14-17)11-20-19-12-22(29-2)23(30-3)13-21(19)27-24(20)28/h4-15,26H,1-3H3,(H,27,28). The van der Waals surface area contributed by atoms with E-state index >= 15 is 0 Å². The molecule has 2 heterocycles. The van der Waals surface area contributed by atoms with E-state index in [1.807, 2.05) is 61.7 Å². The maximum Gasteiger partial charge on any atom is 0.256 e. The predicted molar refractivity (Wildman–Crippen MR) is 119 cm³/mol. The third kappa shape index (κ3) is 3.85. The first-order valence-electron chi connectivity index (χ1n) is 9.65. The lowest BCUT2D eigenvalue weighted by Gasteiger charge is -2.13. The van der Waals surface area contributed by atoms with Crippen molar-refractivity contribution in [3.8, 4) is 22.6 Å². The van der Waals surface area contributed by atoms with Gasteiger partial charge in [0.05, 0.1) is 19.9 Å². The van der Waals surface area contributed by atoms with Crippen LogP contribution < -0.4 is 20.1 Å². The van der Waals surface area contributed by atoms with Crippen molar-refractivity contribution in [3.63, 3.8) is 0 Å². The van der Waals surface area contributed by atoms with Crippen molar-refractivity contribution in [2.24, 2.45) is 0 Å². The number of carbonyl (C=O) groups excluding carboxylic acids is 1. The molecule has 6 heteroatoms. The molecule has 6 nitrogen and oxygen atoms in total. The number of carbonyl (C=O) groups is 1. The molecule has 152 valence electrons. The Labute approximate surface area is 175 Å². The van der Waals surface area contributed by atoms with Gasteiger partial charge in [0, 0.05) is 41.3 Å². The summed E-state index contributed by atoms with van der Waals surface area (Å²) < 4.78 is 10.7. The van der Waals surface area contributed by atoms with Gasteiger partial charge < -0.3 is 20.1 Å².